The number of carbonyl (C=O) groups is 1. The topological polar surface area (TPSA) is 66.8 Å². The number of carboxylic acid groups (broad SMARTS) is 1. The summed E-state index contributed by atoms with van der Waals surface area (Å²) in [6.45, 7) is 8.68. The molecule has 1 aromatic carbocycles. The number of ether oxygens (including phenoxy) is 1. The Morgan fingerprint density at radius 3 is 2.44 bits per heavy atom. The number of hydrogen-bond donors (Lipinski definition) is 2. The van der Waals surface area contributed by atoms with Crippen LogP contribution in [0.4, 0.5) is 0 Å². The minimum absolute atomic E-state index is 0.127. The van der Waals surface area contributed by atoms with E-state index in [1.165, 1.54) is 12.1 Å². The lowest BCUT2D eigenvalue weighted by Gasteiger charge is -2.28. The van der Waals surface area contributed by atoms with E-state index >= 15 is 0 Å². The third kappa shape index (κ3) is 3.50. The lowest BCUT2D eigenvalue weighted by molar-refractivity contribution is 0.0693. The SMILES string of the molecule is CCC(Oc1ccc(O)c(C(=O)O)c1)[Si](C)(C)C. The summed E-state index contributed by atoms with van der Waals surface area (Å²) in [5.74, 6) is -0.894. The number of aromatic hydroxyl groups is 1. The summed E-state index contributed by atoms with van der Waals surface area (Å²) in [5, 5.41) is 18.4. The van der Waals surface area contributed by atoms with Gasteiger partial charge in [0.1, 0.15) is 17.1 Å². The molecule has 0 saturated heterocycles. The molecular formula is C13H20O4Si. The second-order valence-corrected chi connectivity index (χ2v) is 10.7. The quantitative estimate of drug-likeness (QED) is 0.805. The summed E-state index contributed by atoms with van der Waals surface area (Å²) in [4.78, 5) is 10.9. The van der Waals surface area contributed by atoms with Gasteiger partial charge in [-0.05, 0) is 24.6 Å². The molecule has 4 nitrogen and oxygen atoms in total. The van der Waals surface area contributed by atoms with E-state index in [4.69, 9.17) is 9.84 Å². The minimum atomic E-state index is -1.46. The number of carboxylic acids is 1. The molecule has 1 atom stereocenters. The first kappa shape index (κ1) is 14.6. The Kier molecular flexibility index (Phi) is 4.40. The van der Waals surface area contributed by atoms with Crippen molar-refractivity contribution in [3.8, 4) is 11.5 Å². The van der Waals surface area contributed by atoms with E-state index < -0.39 is 14.0 Å². The number of benzene rings is 1. The molecule has 1 rings (SSSR count). The average Bonchev–Trinajstić information content (AvgIpc) is 2.25. The van der Waals surface area contributed by atoms with Crippen LogP contribution in [0.2, 0.25) is 19.6 Å². The van der Waals surface area contributed by atoms with Gasteiger partial charge in [0.15, 0.2) is 0 Å². The van der Waals surface area contributed by atoms with Crippen LogP contribution in [0.25, 0.3) is 0 Å². The summed E-state index contributed by atoms with van der Waals surface area (Å²) in [7, 11) is -1.46. The second-order valence-electron chi connectivity index (χ2n) is 5.36. The summed E-state index contributed by atoms with van der Waals surface area (Å²) < 4.78 is 5.86. The predicted octanol–water partition coefficient (Wildman–Crippen LogP) is 3.13. The number of phenols is 1. The Balaban J connectivity index is 2.98. The molecule has 0 aliphatic heterocycles. The van der Waals surface area contributed by atoms with Gasteiger partial charge >= 0.3 is 5.97 Å². The zero-order valence-electron chi connectivity index (χ0n) is 11.2. The summed E-state index contributed by atoms with van der Waals surface area (Å²) in [5.41, 5.74) is 0.00150. The molecule has 0 bridgehead atoms. The van der Waals surface area contributed by atoms with E-state index in [0.717, 1.165) is 6.42 Å². The van der Waals surface area contributed by atoms with Crippen LogP contribution in [-0.4, -0.2) is 30.0 Å². The maximum absolute atomic E-state index is 10.9. The van der Waals surface area contributed by atoms with Gasteiger partial charge in [-0.2, -0.15) is 0 Å². The van der Waals surface area contributed by atoms with Crippen LogP contribution in [0.5, 0.6) is 11.5 Å². The van der Waals surface area contributed by atoms with Crippen LogP contribution in [0, 0.1) is 0 Å². The van der Waals surface area contributed by atoms with Crippen molar-refractivity contribution >= 4 is 14.0 Å². The second kappa shape index (κ2) is 5.43. The Labute approximate surface area is 108 Å². The molecule has 0 radical (unpaired) electrons. The molecule has 18 heavy (non-hydrogen) atoms. The van der Waals surface area contributed by atoms with Gasteiger partial charge in [0.25, 0.3) is 0 Å². The van der Waals surface area contributed by atoms with Crippen LogP contribution >= 0.6 is 0 Å². The fourth-order valence-electron chi connectivity index (χ4n) is 1.80. The lowest BCUT2D eigenvalue weighted by Crippen LogP contribution is -2.42. The molecule has 0 amide bonds. The van der Waals surface area contributed by atoms with Gasteiger partial charge in [-0.25, -0.2) is 4.79 Å². The Hall–Kier alpha value is -1.49. The smallest absolute Gasteiger partial charge is 0.339 e. The van der Waals surface area contributed by atoms with Gasteiger partial charge in [0, 0.05) is 0 Å². The molecule has 0 saturated carbocycles. The van der Waals surface area contributed by atoms with Crippen molar-refractivity contribution < 1.29 is 19.7 Å². The van der Waals surface area contributed by atoms with Crippen LogP contribution in [-0.2, 0) is 0 Å². The van der Waals surface area contributed by atoms with Crippen molar-refractivity contribution in [2.24, 2.45) is 0 Å². The first-order valence-corrected chi connectivity index (χ1v) is 9.56. The molecule has 0 aliphatic carbocycles. The molecule has 0 aliphatic rings. The van der Waals surface area contributed by atoms with E-state index in [9.17, 15) is 9.90 Å². The summed E-state index contributed by atoms with van der Waals surface area (Å²) in [6.07, 6.45) is 0.888. The lowest BCUT2D eigenvalue weighted by atomic mass is 10.2. The molecule has 2 N–H and O–H groups in total. The zero-order valence-corrected chi connectivity index (χ0v) is 12.2. The molecule has 0 aromatic heterocycles. The molecule has 0 spiro atoms. The van der Waals surface area contributed by atoms with E-state index in [1.807, 2.05) is 0 Å². The van der Waals surface area contributed by atoms with E-state index in [1.54, 1.807) is 6.07 Å². The standard InChI is InChI=1S/C13H20O4Si/c1-5-12(18(2,3)4)17-9-6-7-11(14)10(8-9)13(15)16/h6-8,12,14H,5H2,1-4H3,(H,15,16). The predicted molar refractivity (Wildman–Crippen MR) is 73.1 cm³/mol. The van der Waals surface area contributed by atoms with Gasteiger partial charge in [-0.1, -0.05) is 26.6 Å². The van der Waals surface area contributed by atoms with Crippen LogP contribution in [0.3, 0.4) is 0 Å². The van der Waals surface area contributed by atoms with Gasteiger partial charge in [-0.15, -0.1) is 0 Å². The van der Waals surface area contributed by atoms with E-state index in [-0.39, 0.29) is 17.0 Å². The summed E-state index contributed by atoms with van der Waals surface area (Å²) >= 11 is 0. The Morgan fingerprint density at radius 2 is 2.00 bits per heavy atom. The number of rotatable bonds is 5. The molecule has 5 heteroatoms. The van der Waals surface area contributed by atoms with Crippen LogP contribution in [0.15, 0.2) is 18.2 Å². The minimum Gasteiger partial charge on any atom is -0.507 e. The zero-order chi connectivity index (χ0) is 13.9. The normalized spacial score (nSPS) is 13.1. The van der Waals surface area contributed by atoms with Crippen molar-refractivity contribution in [2.75, 3.05) is 0 Å². The average molecular weight is 268 g/mol. The molecule has 100 valence electrons. The largest absolute Gasteiger partial charge is 0.507 e. The first-order valence-electron chi connectivity index (χ1n) is 5.98. The summed E-state index contributed by atoms with van der Waals surface area (Å²) in [6, 6.07) is 4.33. The highest BCUT2D eigenvalue weighted by Gasteiger charge is 2.27. The number of aromatic carboxylic acids is 1. The van der Waals surface area contributed by atoms with Gasteiger partial charge < -0.3 is 14.9 Å². The Morgan fingerprint density at radius 1 is 1.39 bits per heavy atom. The van der Waals surface area contributed by atoms with E-state index in [2.05, 4.69) is 26.6 Å². The van der Waals surface area contributed by atoms with Crippen molar-refractivity contribution in [3.05, 3.63) is 23.8 Å². The number of hydrogen-bond acceptors (Lipinski definition) is 3. The van der Waals surface area contributed by atoms with Crippen LogP contribution < -0.4 is 4.74 Å². The highest BCUT2D eigenvalue weighted by molar-refractivity contribution is 6.77. The third-order valence-electron chi connectivity index (χ3n) is 2.81. The van der Waals surface area contributed by atoms with Crippen molar-refractivity contribution in [2.45, 2.75) is 38.7 Å². The molecular weight excluding hydrogens is 248 g/mol. The van der Waals surface area contributed by atoms with Crippen molar-refractivity contribution in [3.63, 3.8) is 0 Å². The maximum Gasteiger partial charge on any atom is 0.339 e. The van der Waals surface area contributed by atoms with E-state index in [0.29, 0.717) is 5.75 Å². The monoisotopic (exact) mass is 268 g/mol. The van der Waals surface area contributed by atoms with Crippen molar-refractivity contribution in [1.82, 2.24) is 0 Å². The highest BCUT2D eigenvalue weighted by Crippen LogP contribution is 2.26. The third-order valence-corrected chi connectivity index (χ3v) is 5.27. The van der Waals surface area contributed by atoms with Gasteiger partial charge in [0.2, 0.25) is 0 Å². The highest BCUT2D eigenvalue weighted by atomic mass is 28.3. The molecule has 1 unspecified atom stereocenters. The first-order chi connectivity index (χ1) is 8.25. The fourth-order valence-corrected chi connectivity index (χ4v) is 3.51. The molecule has 1 aromatic rings. The Bertz CT molecular complexity index is 437. The van der Waals surface area contributed by atoms with Crippen LogP contribution in [0.1, 0.15) is 23.7 Å². The van der Waals surface area contributed by atoms with Gasteiger partial charge in [0.05, 0.1) is 13.8 Å². The van der Waals surface area contributed by atoms with Gasteiger partial charge in [-0.3, -0.25) is 0 Å². The maximum atomic E-state index is 10.9. The fraction of sp³-hybridized carbons (Fsp3) is 0.462. The molecule has 0 fully saturated rings. The molecule has 0 heterocycles. The van der Waals surface area contributed by atoms with Crippen molar-refractivity contribution in [1.29, 1.82) is 0 Å².